The molecule has 9 heteroatoms. The van der Waals surface area contributed by atoms with Crippen LogP contribution in [0, 0.1) is 0 Å². The lowest BCUT2D eigenvalue weighted by molar-refractivity contribution is -0.119. The Balaban J connectivity index is 3.04. The molecule has 4 N–H and O–H groups in total. The summed E-state index contributed by atoms with van der Waals surface area (Å²) in [5.41, 5.74) is 5.60. The van der Waals surface area contributed by atoms with E-state index in [2.05, 4.69) is 5.32 Å². The highest BCUT2D eigenvalue weighted by molar-refractivity contribution is 7.93. The number of anilines is 1. The number of nitrogen functional groups attached to an aromatic ring is 1. The van der Waals surface area contributed by atoms with Crippen molar-refractivity contribution in [1.82, 2.24) is 10.6 Å². The first-order chi connectivity index (χ1) is 9.70. The number of nitrogens with two attached hydrogens (primary N) is 1. The second-order valence-corrected chi connectivity index (χ2v) is 6.89. The van der Waals surface area contributed by atoms with Crippen molar-refractivity contribution in [3.8, 4) is 0 Å². The first-order valence-electron chi connectivity index (χ1n) is 6.07. The molecule has 0 aliphatic heterocycles. The van der Waals surface area contributed by atoms with Gasteiger partial charge in [-0.05, 0) is 32.0 Å². The fraction of sp³-hybridized carbons (Fsp3) is 0.333. The minimum absolute atomic E-state index is 0.0166. The normalized spacial score (nSPS) is 12.5. The van der Waals surface area contributed by atoms with Gasteiger partial charge in [0.25, 0.3) is 0 Å². The van der Waals surface area contributed by atoms with Crippen LogP contribution in [0.15, 0.2) is 23.1 Å². The van der Waals surface area contributed by atoms with E-state index in [-0.39, 0.29) is 15.6 Å². The van der Waals surface area contributed by atoms with E-state index in [1.165, 1.54) is 25.1 Å². The number of imide groups is 1. The molecule has 0 heterocycles. The topological polar surface area (TPSA) is 118 Å². The predicted octanol–water partition coefficient (Wildman–Crippen LogP) is 0.930. The lowest BCUT2D eigenvalue weighted by atomic mass is 10.3. The molecule has 1 unspecified atom stereocenters. The molecular weight excluding hydrogens is 318 g/mol. The highest BCUT2D eigenvalue weighted by Crippen LogP contribution is 2.26. The molecule has 1 atom stereocenters. The van der Waals surface area contributed by atoms with Gasteiger partial charge in [0.05, 0.1) is 10.6 Å². The van der Waals surface area contributed by atoms with Gasteiger partial charge in [-0.3, -0.25) is 10.1 Å². The van der Waals surface area contributed by atoms with Crippen molar-refractivity contribution in [3.63, 3.8) is 0 Å². The summed E-state index contributed by atoms with van der Waals surface area (Å²) in [6.07, 6.45) is 0. The number of halogens is 1. The lowest BCUT2D eigenvalue weighted by Gasteiger charge is -2.14. The SMILES string of the molecule is CCNC(=O)NC(=O)C(C)S(=O)(=O)c1cc(Cl)ccc1N. The van der Waals surface area contributed by atoms with Crippen LogP contribution in [0.5, 0.6) is 0 Å². The average Bonchev–Trinajstić information content (AvgIpc) is 2.40. The van der Waals surface area contributed by atoms with E-state index in [9.17, 15) is 18.0 Å². The summed E-state index contributed by atoms with van der Waals surface area (Å²) in [5, 5.41) is 2.97. The summed E-state index contributed by atoms with van der Waals surface area (Å²) >= 11 is 5.75. The zero-order chi connectivity index (χ0) is 16.2. The van der Waals surface area contributed by atoms with E-state index in [0.717, 1.165) is 0 Å². The molecule has 0 aliphatic carbocycles. The van der Waals surface area contributed by atoms with Gasteiger partial charge in [0, 0.05) is 11.6 Å². The van der Waals surface area contributed by atoms with Crippen LogP contribution in [0.2, 0.25) is 5.02 Å². The Morgan fingerprint density at radius 3 is 2.57 bits per heavy atom. The minimum atomic E-state index is -4.05. The maximum atomic E-state index is 12.4. The molecule has 21 heavy (non-hydrogen) atoms. The Bertz CT molecular complexity index is 660. The van der Waals surface area contributed by atoms with Crippen LogP contribution < -0.4 is 16.4 Å². The minimum Gasteiger partial charge on any atom is -0.398 e. The van der Waals surface area contributed by atoms with Gasteiger partial charge in [0.1, 0.15) is 5.25 Å². The van der Waals surface area contributed by atoms with Crippen LogP contribution in [0.4, 0.5) is 10.5 Å². The van der Waals surface area contributed by atoms with Gasteiger partial charge < -0.3 is 11.1 Å². The van der Waals surface area contributed by atoms with Crippen molar-refractivity contribution in [2.45, 2.75) is 24.0 Å². The summed E-state index contributed by atoms with van der Waals surface area (Å²) in [6.45, 7) is 3.14. The van der Waals surface area contributed by atoms with Crippen molar-refractivity contribution in [3.05, 3.63) is 23.2 Å². The summed E-state index contributed by atoms with van der Waals surface area (Å²) in [4.78, 5) is 22.8. The first-order valence-corrected chi connectivity index (χ1v) is 8.00. The van der Waals surface area contributed by atoms with E-state index in [4.69, 9.17) is 17.3 Å². The van der Waals surface area contributed by atoms with Gasteiger partial charge in [-0.1, -0.05) is 11.6 Å². The molecule has 0 saturated heterocycles. The number of carbonyl (C=O) groups is 2. The molecule has 0 aromatic heterocycles. The number of carbonyl (C=O) groups excluding carboxylic acids is 2. The maximum absolute atomic E-state index is 12.4. The summed E-state index contributed by atoms with van der Waals surface area (Å²) < 4.78 is 24.7. The molecule has 0 aliphatic rings. The largest absolute Gasteiger partial charge is 0.398 e. The van der Waals surface area contributed by atoms with Crippen LogP contribution in [0.25, 0.3) is 0 Å². The van der Waals surface area contributed by atoms with Crippen LogP contribution in [-0.4, -0.2) is 32.2 Å². The number of hydrogen-bond acceptors (Lipinski definition) is 5. The van der Waals surface area contributed by atoms with Crippen molar-refractivity contribution < 1.29 is 18.0 Å². The molecule has 7 nitrogen and oxygen atoms in total. The maximum Gasteiger partial charge on any atom is 0.321 e. The van der Waals surface area contributed by atoms with Gasteiger partial charge >= 0.3 is 6.03 Å². The molecule has 0 fully saturated rings. The van der Waals surface area contributed by atoms with Crippen molar-refractivity contribution in [2.75, 3.05) is 12.3 Å². The van der Waals surface area contributed by atoms with E-state index >= 15 is 0 Å². The lowest BCUT2D eigenvalue weighted by Crippen LogP contribution is -2.45. The molecular formula is C12H16ClN3O4S. The second kappa shape index (κ2) is 6.77. The quantitative estimate of drug-likeness (QED) is 0.708. The number of amides is 3. The Morgan fingerprint density at radius 2 is 2.00 bits per heavy atom. The van der Waals surface area contributed by atoms with Crippen LogP contribution in [0.3, 0.4) is 0 Å². The van der Waals surface area contributed by atoms with Gasteiger partial charge in [-0.2, -0.15) is 0 Å². The van der Waals surface area contributed by atoms with Crippen LogP contribution in [-0.2, 0) is 14.6 Å². The first kappa shape index (κ1) is 17.3. The third-order valence-corrected chi connectivity index (χ3v) is 5.04. The number of rotatable bonds is 4. The number of urea groups is 1. The van der Waals surface area contributed by atoms with Gasteiger partial charge in [-0.25, -0.2) is 13.2 Å². The second-order valence-electron chi connectivity index (χ2n) is 4.22. The molecule has 0 radical (unpaired) electrons. The average molecular weight is 334 g/mol. The number of sulfone groups is 1. The van der Waals surface area contributed by atoms with Crippen molar-refractivity contribution in [1.29, 1.82) is 0 Å². The zero-order valence-electron chi connectivity index (χ0n) is 11.5. The fourth-order valence-corrected chi connectivity index (χ4v) is 3.15. The molecule has 3 amide bonds. The van der Waals surface area contributed by atoms with Crippen LogP contribution in [0.1, 0.15) is 13.8 Å². The van der Waals surface area contributed by atoms with E-state index in [1.54, 1.807) is 6.92 Å². The third kappa shape index (κ3) is 4.08. The van der Waals surface area contributed by atoms with Gasteiger partial charge in [0.2, 0.25) is 5.91 Å². The van der Waals surface area contributed by atoms with E-state index in [0.29, 0.717) is 6.54 Å². The molecule has 116 valence electrons. The standard InChI is InChI=1S/C12H16ClN3O4S/c1-3-15-12(18)16-11(17)7(2)21(19,20)10-6-8(13)4-5-9(10)14/h4-7H,3,14H2,1-2H3,(H2,15,16,17,18). The molecule has 1 rings (SSSR count). The molecule has 0 spiro atoms. The monoisotopic (exact) mass is 333 g/mol. The number of benzene rings is 1. The number of nitrogens with one attached hydrogen (secondary N) is 2. The molecule has 1 aromatic carbocycles. The Kier molecular flexibility index (Phi) is 5.56. The number of hydrogen-bond donors (Lipinski definition) is 3. The molecule has 1 aromatic rings. The highest BCUT2D eigenvalue weighted by atomic mass is 35.5. The highest BCUT2D eigenvalue weighted by Gasteiger charge is 2.32. The Hall–Kier alpha value is -1.80. The van der Waals surface area contributed by atoms with Gasteiger partial charge in [0.15, 0.2) is 9.84 Å². The molecule has 0 bridgehead atoms. The fourth-order valence-electron chi connectivity index (χ4n) is 1.50. The van der Waals surface area contributed by atoms with E-state index < -0.39 is 27.0 Å². The van der Waals surface area contributed by atoms with Crippen LogP contribution >= 0.6 is 11.6 Å². The summed E-state index contributed by atoms with van der Waals surface area (Å²) in [6, 6.07) is 3.18. The summed E-state index contributed by atoms with van der Waals surface area (Å²) in [7, 11) is -4.05. The van der Waals surface area contributed by atoms with Crippen molar-refractivity contribution >= 4 is 39.1 Å². The van der Waals surface area contributed by atoms with E-state index in [1.807, 2.05) is 5.32 Å². The zero-order valence-corrected chi connectivity index (χ0v) is 13.1. The molecule has 0 saturated carbocycles. The Labute approximate surface area is 127 Å². The van der Waals surface area contributed by atoms with Gasteiger partial charge in [-0.15, -0.1) is 0 Å². The summed E-state index contributed by atoms with van der Waals surface area (Å²) in [5.74, 6) is -0.944. The Morgan fingerprint density at radius 1 is 1.38 bits per heavy atom. The predicted molar refractivity (Wildman–Crippen MR) is 79.7 cm³/mol. The third-order valence-electron chi connectivity index (χ3n) is 2.69. The van der Waals surface area contributed by atoms with Crippen molar-refractivity contribution in [2.24, 2.45) is 0 Å². The smallest absolute Gasteiger partial charge is 0.321 e.